The van der Waals surface area contributed by atoms with Gasteiger partial charge in [-0.1, -0.05) is 59.6 Å². The van der Waals surface area contributed by atoms with Gasteiger partial charge >= 0.3 is 5.97 Å². The average molecular weight is 433 g/mol. The van der Waals surface area contributed by atoms with Crippen molar-refractivity contribution in [2.75, 3.05) is 32.8 Å². The summed E-state index contributed by atoms with van der Waals surface area (Å²) in [6.07, 6.45) is 2.84. The fourth-order valence-electron chi connectivity index (χ4n) is 3.05. The molecular formula is C22H22Cl2N2O3. The number of esters is 1. The fraction of sp³-hybridized carbons (Fsp3) is 0.273. The molecule has 0 N–H and O–H groups in total. The summed E-state index contributed by atoms with van der Waals surface area (Å²) >= 11 is 11.8. The summed E-state index contributed by atoms with van der Waals surface area (Å²) in [7, 11) is 0. The minimum absolute atomic E-state index is 0.180. The predicted molar refractivity (Wildman–Crippen MR) is 115 cm³/mol. The van der Waals surface area contributed by atoms with Crippen LogP contribution in [0.25, 0.3) is 6.08 Å². The monoisotopic (exact) mass is 432 g/mol. The number of ether oxygens (including phenoxy) is 1. The molecule has 7 heteroatoms. The van der Waals surface area contributed by atoms with Gasteiger partial charge in [-0.05, 0) is 29.3 Å². The molecule has 3 rings (SSSR count). The molecule has 0 aromatic heterocycles. The van der Waals surface area contributed by atoms with E-state index in [2.05, 4.69) is 17.0 Å². The summed E-state index contributed by atoms with van der Waals surface area (Å²) in [4.78, 5) is 28.2. The Bertz CT molecular complexity index is 879. The SMILES string of the molecule is O=C(/C=C/c1ccc(Cl)c(Cl)c1)OCC(=O)N1CCN(Cc2ccccc2)CC1. The largest absolute Gasteiger partial charge is 0.452 e. The number of nitrogens with zero attached hydrogens (tertiary/aromatic N) is 2. The van der Waals surface area contributed by atoms with E-state index in [0.717, 1.165) is 25.2 Å². The van der Waals surface area contributed by atoms with Crippen molar-refractivity contribution in [3.05, 3.63) is 75.8 Å². The van der Waals surface area contributed by atoms with E-state index in [1.807, 2.05) is 18.2 Å². The van der Waals surface area contributed by atoms with Crippen molar-refractivity contribution in [3.63, 3.8) is 0 Å². The summed E-state index contributed by atoms with van der Waals surface area (Å²) < 4.78 is 5.07. The number of halogens is 2. The topological polar surface area (TPSA) is 49.9 Å². The van der Waals surface area contributed by atoms with E-state index < -0.39 is 5.97 Å². The first-order valence-electron chi connectivity index (χ1n) is 9.35. The molecule has 29 heavy (non-hydrogen) atoms. The van der Waals surface area contributed by atoms with Gasteiger partial charge < -0.3 is 9.64 Å². The Balaban J connectivity index is 1.40. The fourth-order valence-corrected chi connectivity index (χ4v) is 3.36. The maximum absolute atomic E-state index is 12.3. The highest BCUT2D eigenvalue weighted by Crippen LogP contribution is 2.23. The number of amides is 1. The van der Waals surface area contributed by atoms with Gasteiger partial charge in [0, 0.05) is 38.8 Å². The van der Waals surface area contributed by atoms with Crippen LogP contribution in [-0.4, -0.2) is 54.5 Å². The number of carbonyl (C=O) groups is 2. The third-order valence-electron chi connectivity index (χ3n) is 4.67. The van der Waals surface area contributed by atoms with E-state index >= 15 is 0 Å². The van der Waals surface area contributed by atoms with Crippen LogP contribution >= 0.6 is 23.2 Å². The minimum Gasteiger partial charge on any atom is -0.452 e. The van der Waals surface area contributed by atoms with Crippen molar-refractivity contribution >= 4 is 41.2 Å². The van der Waals surface area contributed by atoms with E-state index in [0.29, 0.717) is 23.1 Å². The van der Waals surface area contributed by atoms with Crippen molar-refractivity contribution in [2.45, 2.75) is 6.54 Å². The van der Waals surface area contributed by atoms with E-state index in [1.165, 1.54) is 11.6 Å². The second-order valence-corrected chi connectivity index (χ2v) is 7.57. The molecule has 0 saturated carbocycles. The van der Waals surface area contributed by atoms with Crippen LogP contribution in [0.15, 0.2) is 54.6 Å². The first-order valence-corrected chi connectivity index (χ1v) is 10.1. The lowest BCUT2D eigenvalue weighted by Crippen LogP contribution is -2.49. The molecule has 1 aliphatic rings. The predicted octanol–water partition coefficient (Wildman–Crippen LogP) is 3.89. The summed E-state index contributed by atoms with van der Waals surface area (Å²) in [6.45, 7) is 3.46. The summed E-state index contributed by atoms with van der Waals surface area (Å²) in [5.74, 6) is -0.757. The lowest BCUT2D eigenvalue weighted by Gasteiger charge is -2.34. The molecule has 0 bridgehead atoms. The van der Waals surface area contributed by atoms with E-state index in [9.17, 15) is 9.59 Å². The molecule has 152 valence electrons. The normalized spacial score (nSPS) is 14.9. The van der Waals surface area contributed by atoms with E-state index in [1.54, 1.807) is 29.2 Å². The van der Waals surface area contributed by atoms with Crippen LogP contribution in [0.5, 0.6) is 0 Å². The number of rotatable bonds is 6. The van der Waals surface area contributed by atoms with Crippen molar-refractivity contribution in [3.8, 4) is 0 Å². The molecule has 1 saturated heterocycles. The zero-order valence-electron chi connectivity index (χ0n) is 15.9. The van der Waals surface area contributed by atoms with Crippen LogP contribution in [0, 0.1) is 0 Å². The lowest BCUT2D eigenvalue weighted by atomic mass is 10.2. The molecule has 0 aliphatic carbocycles. The maximum atomic E-state index is 12.3. The second kappa shape index (κ2) is 10.4. The Hall–Kier alpha value is -2.34. The highest BCUT2D eigenvalue weighted by Gasteiger charge is 2.21. The highest BCUT2D eigenvalue weighted by atomic mass is 35.5. The number of hydrogen-bond donors (Lipinski definition) is 0. The minimum atomic E-state index is -0.577. The third kappa shape index (κ3) is 6.60. The molecule has 5 nitrogen and oxygen atoms in total. The van der Waals surface area contributed by atoms with Crippen LogP contribution in [0.1, 0.15) is 11.1 Å². The van der Waals surface area contributed by atoms with Gasteiger partial charge in [-0.3, -0.25) is 9.69 Å². The summed E-state index contributed by atoms with van der Waals surface area (Å²) in [5.41, 5.74) is 1.98. The molecule has 2 aromatic carbocycles. The summed E-state index contributed by atoms with van der Waals surface area (Å²) in [5, 5.41) is 0.852. The molecular weight excluding hydrogens is 411 g/mol. The van der Waals surface area contributed by atoms with Gasteiger partial charge in [0.05, 0.1) is 10.0 Å². The molecule has 1 aliphatic heterocycles. The van der Waals surface area contributed by atoms with Gasteiger partial charge in [-0.15, -0.1) is 0 Å². The van der Waals surface area contributed by atoms with Crippen molar-refractivity contribution in [1.82, 2.24) is 9.80 Å². The van der Waals surface area contributed by atoms with Gasteiger partial charge in [-0.25, -0.2) is 4.79 Å². The van der Waals surface area contributed by atoms with Gasteiger partial charge in [-0.2, -0.15) is 0 Å². The molecule has 0 unspecified atom stereocenters. The quantitative estimate of drug-likeness (QED) is 0.513. The zero-order valence-corrected chi connectivity index (χ0v) is 17.4. The highest BCUT2D eigenvalue weighted by molar-refractivity contribution is 6.42. The number of piperazine rings is 1. The molecule has 1 fully saturated rings. The first kappa shape index (κ1) is 21.4. The van der Waals surface area contributed by atoms with Crippen molar-refractivity contribution in [1.29, 1.82) is 0 Å². The molecule has 2 aromatic rings. The maximum Gasteiger partial charge on any atom is 0.331 e. The Morgan fingerprint density at radius 1 is 0.966 bits per heavy atom. The van der Waals surface area contributed by atoms with Crippen LogP contribution in [0.4, 0.5) is 0 Å². The Labute approximate surface area is 180 Å². The van der Waals surface area contributed by atoms with Crippen LogP contribution in [0.2, 0.25) is 10.0 Å². The second-order valence-electron chi connectivity index (χ2n) is 6.76. The van der Waals surface area contributed by atoms with Gasteiger partial charge in [0.2, 0.25) is 0 Å². The lowest BCUT2D eigenvalue weighted by molar-refractivity contribution is -0.149. The summed E-state index contributed by atoms with van der Waals surface area (Å²) in [6, 6.07) is 15.3. The van der Waals surface area contributed by atoms with Crippen LogP contribution in [-0.2, 0) is 20.9 Å². The first-order chi connectivity index (χ1) is 14.0. The van der Waals surface area contributed by atoms with Gasteiger partial charge in [0.1, 0.15) is 0 Å². The average Bonchev–Trinajstić information content (AvgIpc) is 2.74. The number of carbonyl (C=O) groups excluding carboxylic acids is 2. The number of benzene rings is 2. The molecule has 0 atom stereocenters. The number of hydrogen-bond acceptors (Lipinski definition) is 4. The van der Waals surface area contributed by atoms with Crippen molar-refractivity contribution < 1.29 is 14.3 Å². The molecule has 1 amide bonds. The molecule has 0 spiro atoms. The van der Waals surface area contributed by atoms with Crippen LogP contribution < -0.4 is 0 Å². The molecule has 1 heterocycles. The Morgan fingerprint density at radius 3 is 2.38 bits per heavy atom. The van der Waals surface area contributed by atoms with E-state index in [4.69, 9.17) is 27.9 Å². The zero-order chi connectivity index (χ0) is 20.6. The standard InChI is InChI=1S/C22H22Cl2N2O3/c23-19-8-6-17(14-20(19)24)7-9-22(28)29-16-21(27)26-12-10-25(11-13-26)15-18-4-2-1-3-5-18/h1-9,14H,10-13,15-16H2/b9-7+. The van der Waals surface area contributed by atoms with E-state index in [-0.39, 0.29) is 12.5 Å². The Kier molecular flexibility index (Phi) is 7.69. The van der Waals surface area contributed by atoms with Gasteiger partial charge in [0.15, 0.2) is 6.61 Å². The smallest absolute Gasteiger partial charge is 0.331 e. The third-order valence-corrected chi connectivity index (χ3v) is 5.41. The van der Waals surface area contributed by atoms with Crippen LogP contribution in [0.3, 0.4) is 0 Å². The van der Waals surface area contributed by atoms with Gasteiger partial charge in [0.25, 0.3) is 5.91 Å². The van der Waals surface area contributed by atoms with Crippen molar-refractivity contribution in [2.24, 2.45) is 0 Å². The Morgan fingerprint density at radius 2 is 1.69 bits per heavy atom. The molecule has 0 radical (unpaired) electrons.